The van der Waals surface area contributed by atoms with Crippen molar-refractivity contribution in [2.75, 3.05) is 40.8 Å². The van der Waals surface area contributed by atoms with Crippen LogP contribution in [-0.2, 0) is 35.0 Å². The number of amides is 4. The number of benzene rings is 2. The summed E-state index contributed by atoms with van der Waals surface area (Å²) in [5.41, 5.74) is -2.66. The average molecular weight is 658 g/mol. The van der Waals surface area contributed by atoms with Crippen LogP contribution >= 0.6 is 0 Å². The second-order valence-electron chi connectivity index (χ2n) is 11.6. The van der Waals surface area contributed by atoms with Gasteiger partial charge in [-0.05, 0) is 69.7 Å². The lowest BCUT2D eigenvalue weighted by molar-refractivity contribution is -0.167. The summed E-state index contributed by atoms with van der Waals surface area (Å²) in [4.78, 5) is 46.9. The van der Waals surface area contributed by atoms with Crippen molar-refractivity contribution in [1.29, 1.82) is 0 Å². The van der Waals surface area contributed by atoms with Crippen LogP contribution in [0.1, 0.15) is 47.9 Å². The van der Waals surface area contributed by atoms with E-state index in [1.807, 2.05) is 19.0 Å². The predicted molar refractivity (Wildman–Crippen MR) is 155 cm³/mol. The van der Waals surface area contributed by atoms with E-state index in [0.29, 0.717) is 36.3 Å². The Morgan fingerprint density at radius 2 is 1.65 bits per heavy atom. The second-order valence-corrected chi connectivity index (χ2v) is 11.6. The number of carbonyl (C=O) groups is 3. The molecule has 2 heterocycles. The number of halogens is 6. The van der Waals surface area contributed by atoms with Gasteiger partial charge in [0.25, 0.3) is 0 Å². The van der Waals surface area contributed by atoms with E-state index in [0.717, 1.165) is 13.0 Å². The Kier molecular flexibility index (Phi) is 10.7. The largest absolute Gasteiger partial charge is 0.496 e. The lowest BCUT2D eigenvalue weighted by Crippen LogP contribution is -2.71. The molecule has 2 aliphatic rings. The number of urea groups is 1. The molecule has 252 valence electrons. The number of piperazine rings is 1. The predicted octanol–water partition coefficient (Wildman–Crippen LogP) is 4.95. The third-order valence-corrected chi connectivity index (χ3v) is 8.09. The molecule has 2 saturated heterocycles. The Balaban J connectivity index is 1.59. The van der Waals surface area contributed by atoms with E-state index < -0.39 is 53.8 Å². The Bertz CT molecular complexity index is 1380. The molecule has 0 spiro atoms. The molecule has 0 saturated carbocycles. The van der Waals surface area contributed by atoms with Gasteiger partial charge in [0, 0.05) is 31.6 Å². The van der Waals surface area contributed by atoms with Gasteiger partial charge in [-0.25, -0.2) is 4.79 Å². The van der Waals surface area contributed by atoms with E-state index in [2.05, 4.69) is 5.32 Å². The fourth-order valence-electron chi connectivity index (χ4n) is 5.84. The van der Waals surface area contributed by atoms with Crippen LogP contribution < -0.4 is 10.1 Å². The van der Waals surface area contributed by atoms with E-state index in [4.69, 9.17) is 4.74 Å². The van der Waals surface area contributed by atoms with Crippen LogP contribution in [0.2, 0.25) is 0 Å². The number of unbranched alkanes of at least 4 members (excludes halogenated alkanes) is 1. The van der Waals surface area contributed by atoms with Crippen molar-refractivity contribution in [3.63, 3.8) is 0 Å². The van der Waals surface area contributed by atoms with Crippen molar-refractivity contribution in [2.24, 2.45) is 0 Å². The summed E-state index contributed by atoms with van der Waals surface area (Å²) >= 11 is 0. The topological polar surface area (TPSA) is 85.4 Å². The zero-order valence-corrected chi connectivity index (χ0v) is 25.7. The van der Waals surface area contributed by atoms with Crippen LogP contribution in [0.5, 0.6) is 5.75 Å². The summed E-state index contributed by atoms with van der Waals surface area (Å²) in [7, 11) is 5.34. The number of ether oxygens (including phenoxy) is 1. The molecule has 0 aliphatic carbocycles. The van der Waals surface area contributed by atoms with Crippen molar-refractivity contribution < 1.29 is 45.5 Å². The summed E-state index contributed by atoms with van der Waals surface area (Å²) in [5, 5.41) is 2.43. The minimum atomic E-state index is -5.03. The SMILES string of the molecule is COc1ccccc1CN1CC2N(C(=O)NCc3cc(C(F)(F)F)cc(C(F)(F)F)c3)CCC(=O)N2[C@@H](CCCCN(C)C)C1=O. The Morgan fingerprint density at radius 3 is 2.26 bits per heavy atom. The molecule has 4 amide bonds. The highest BCUT2D eigenvalue weighted by Crippen LogP contribution is 2.36. The first-order chi connectivity index (χ1) is 21.6. The highest BCUT2D eigenvalue weighted by atomic mass is 19.4. The molecule has 2 aromatic carbocycles. The normalized spacial score (nSPS) is 19.0. The number of nitrogens with zero attached hydrogens (tertiary/aromatic N) is 4. The number of carbonyl (C=O) groups excluding carboxylic acids is 3. The fraction of sp³-hybridized carbons (Fsp3) is 0.516. The van der Waals surface area contributed by atoms with E-state index in [1.54, 1.807) is 29.2 Å². The standard InChI is InChI=1S/C31H37F6N5O4/c1-39(2)12-7-6-9-24-28(44)40(18-21-8-4-5-10-25(21)46-3)19-26-41(13-11-27(43)42(24)26)29(45)38-17-20-14-22(30(32,33)34)16-23(15-20)31(35,36)37/h4-5,8,10,14-16,24,26H,6-7,9,11-13,17-19H2,1-3H3,(H,38,45)/t24-,26?/m0/s1. The lowest BCUT2D eigenvalue weighted by Gasteiger charge is -2.52. The van der Waals surface area contributed by atoms with Crippen LogP contribution in [-0.4, -0.2) is 90.5 Å². The van der Waals surface area contributed by atoms with Crippen LogP contribution in [0.4, 0.5) is 31.1 Å². The van der Waals surface area contributed by atoms with Crippen molar-refractivity contribution in [2.45, 2.75) is 63.3 Å². The van der Waals surface area contributed by atoms with Gasteiger partial charge in [-0.3, -0.25) is 9.59 Å². The van der Waals surface area contributed by atoms with Gasteiger partial charge in [0.1, 0.15) is 18.0 Å². The second kappa shape index (κ2) is 14.2. The number of hydrogen-bond acceptors (Lipinski definition) is 5. The van der Waals surface area contributed by atoms with E-state index >= 15 is 0 Å². The Hall–Kier alpha value is -4.01. The summed E-state index contributed by atoms with van der Waals surface area (Å²) in [6.07, 6.45) is -9.34. The number of alkyl halides is 6. The van der Waals surface area contributed by atoms with Gasteiger partial charge < -0.3 is 29.7 Å². The number of fused-ring (bicyclic) bond motifs is 1. The maximum Gasteiger partial charge on any atom is 0.416 e. The molecular formula is C31H37F6N5O4. The maximum absolute atomic E-state index is 13.8. The molecule has 2 atom stereocenters. The van der Waals surface area contributed by atoms with Gasteiger partial charge >= 0.3 is 18.4 Å². The van der Waals surface area contributed by atoms with Crippen LogP contribution in [0.3, 0.4) is 0 Å². The van der Waals surface area contributed by atoms with Gasteiger partial charge in [0.15, 0.2) is 0 Å². The molecule has 2 aliphatic heterocycles. The van der Waals surface area contributed by atoms with E-state index in [-0.39, 0.29) is 43.9 Å². The molecule has 15 heteroatoms. The van der Waals surface area contributed by atoms with Gasteiger partial charge in [-0.2, -0.15) is 26.3 Å². The van der Waals surface area contributed by atoms with Crippen molar-refractivity contribution in [1.82, 2.24) is 24.9 Å². The molecule has 0 aromatic heterocycles. The first-order valence-corrected chi connectivity index (χ1v) is 14.8. The van der Waals surface area contributed by atoms with Crippen LogP contribution in [0.15, 0.2) is 42.5 Å². The first kappa shape index (κ1) is 34.9. The average Bonchev–Trinajstić information content (AvgIpc) is 2.99. The molecule has 2 aromatic rings. The molecule has 2 fully saturated rings. The molecule has 4 rings (SSSR count). The van der Waals surface area contributed by atoms with Crippen LogP contribution in [0, 0.1) is 0 Å². The number of hydrogen-bond donors (Lipinski definition) is 1. The molecule has 0 radical (unpaired) electrons. The van der Waals surface area contributed by atoms with Gasteiger partial charge in [0.2, 0.25) is 11.8 Å². The monoisotopic (exact) mass is 657 g/mol. The number of methoxy groups -OCH3 is 1. The summed E-state index contributed by atoms with van der Waals surface area (Å²) < 4.78 is 85.6. The third kappa shape index (κ3) is 8.22. The number of para-hydroxylation sites is 1. The van der Waals surface area contributed by atoms with Gasteiger partial charge in [-0.1, -0.05) is 18.2 Å². The van der Waals surface area contributed by atoms with Gasteiger partial charge in [0.05, 0.1) is 24.8 Å². The first-order valence-electron chi connectivity index (χ1n) is 14.8. The smallest absolute Gasteiger partial charge is 0.416 e. The molecule has 46 heavy (non-hydrogen) atoms. The van der Waals surface area contributed by atoms with Crippen LogP contribution in [0.25, 0.3) is 0 Å². The highest BCUT2D eigenvalue weighted by molar-refractivity contribution is 5.91. The number of rotatable bonds is 10. The van der Waals surface area contributed by atoms with Crippen molar-refractivity contribution in [3.8, 4) is 5.75 Å². The highest BCUT2D eigenvalue weighted by Gasteiger charge is 2.48. The van der Waals surface area contributed by atoms with E-state index in [9.17, 15) is 40.7 Å². The molecular weight excluding hydrogens is 620 g/mol. The lowest BCUT2D eigenvalue weighted by atomic mass is 9.98. The molecule has 1 N–H and O–H groups in total. The molecule has 9 nitrogen and oxygen atoms in total. The zero-order chi connectivity index (χ0) is 33.8. The third-order valence-electron chi connectivity index (χ3n) is 8.09. The Morgan fingerprint density at radius 1 is 1.00 bits per heavy atom. The fourth-order valence-corrected chi connectivity index (χ4v) is 5.84. The van der Waals surface area contributed by atoms with Gasteiger partial charge in [-0.15, -0.1) is 0 Å². The molecule has 0 bridgehead atoms. The summed E-state index contributed by atoms with van der Waals surface area (Å²) in [6.45, 7) is 0.179. The van der Waals surface area contributed by atoms with E-state index in [1.165, 1.54) is 16.9 Å². The minimum absolute atomic E-state index is 0.0213. The summed E-state index contributed by atoms with van der Waals surface area (Å²) in [6, 6.07) is 6.60. The van der Waals surface area contributed by atoms with Crippen molar-refractivity contribution in [3.05, 3.63) is 64.7 Å². The maximum atomic E-state index is 13.8. The quantitative estimate of drug-likeness (QED) is 0.289. The molecule has 1 unspecified atom stereocenters. The summed E-state index contributed by atoms with van der Waals surface area (Å²) in [5.74, 6) is -0.0511. The minimum Gasteiger partial charge on any atom is -0.496 e. The zero-order valence-electron chi connectivity index (χ0n) is 25.7. The van der Waals surface area contributed by atoms with Crippen molar-refractivity contribution >= 4 is 17.8 Å². The Labute approximate surface area is 263 Å². The number of nitrogens with one attached hydrogen (secondary N) is 1.